The van der Waals surface area contributed by atoms with E-state index in [0.29, 0.717) is 23.4 Å². The van der Waals surface area contributed by atoms with Gasteiger partial charge in [-0.2, -0.15) is 0 Å². The number of amides is 1. The minimum Gasteiger partial charge on any atom is -0.326 e. The number of sulfone groups is 1. The zero-order valence-electron chi connectivity index (χ0n) is 14.2. The van der Waals surface area contributed by atoms with Gasteiger partial charge in [0, 0.05) is 17.8 Å². The standard InChI is InChI=1S/C18H22N2O3S.ClH/c1-13(2)24(22,23)12-15-4-3-5-17(10-15)20-18(21)16-8-6-14(11-19)7-9-16;/h3-10,13H,11-12,19H2,1-2H3,(H,20,21);1H. The molecule has 0 saturated carbocycles. The average Bonchev–Trinajstić information content (AvgIpc) is 2.54. The van der Waals surface area contributed by atoms with E-state index in [0.717, 1.165) is 5.56 Å². The van der Waals surface area contributed by atoms with Gasteiger partial charge in [-0.1, -0.05) is 24.3 Å². The summed E-state index contributed by atoms with van der Waals surface area (Å²) in [5.74, 6) is -0.290. The molecule has 136 valence electrons. The zero-order valence-corrected chi connectivity index (χ0v) is 15.9. The van der Waals surface area contributed by atoms with E-state index < -0.39 is 15.1 Å². The molecular formula is C18H23ClN2O3S. The van der Waals surface area contributed by atoms with Crippen molar-refractivity contribution in [1.29, 1.82) is 0 Å². The molecule has 0 saturated heterocycles. The molecule has 0 aliphatic carbocycles. The van der Waals surface area contributed by atoms with Crippen LogP contribution < -0.4 is 11.1 Å². The van der Waals surface area contributed by atoms with Gasteiger partial charge in [-0.3, -0.25) is 4.79 Å². The van der Waals surface area contributed by atoms with Crippen LogP contribution in [-0.4, -0.2) is 19.6 Å². The molecule has 2 aromatic rings. The van der Waals surface area contributed by atoms with Gasteiger partial charge in [-0.15, -0.1) is 12.4 Å². The van der Waals surface area contributed by atoms with Crippen molar-refractivity contribution in [2.45, 2.75) is 31.4 Å². The largest absolute Gasteiger partial charge is 0.326 e. The summed E-state index contributed by atoms with van der Waals surface area (Å²) in [6.07, 6.45) is 0. The predicted octanol–water partition coefficient (Wildman–Crippen LogP) is 3.14. The van der Waals surface area contributed by atoms with Crippen LogP contribution in [0.15, 0.2) is 48.5 Å². The number of anilines is 1. The summed E-state index contributed by atoms with van der Waals surface area (Å²) in [5, 5.41) is 2.35. The number of halogens is 1. The highest BCUT2D eigenvalue weighted by molar-refractivity contribution is 7.91. The maximum absolute atomic E-state index is 12.3. The Balaban J connectivity index is 0.00000312. The van der Waals surface area contributed by atoms with Gasteiger partial charge in [-0.05, 0) is 49.2 Å². The molecule has 0 aliphatic rings. The first kappa shape index (κ1) is 21.2. The lowest BCUT2D eigenvalue weighted by Gasteiger charge is -2.10. The Kier molecular flexibility index (Phi) is 7.60. The summed E-state index contributed by atoms with van der Waals surface area (Å²) in [7, 11) is -3.18. The SMILES string of the molecule is CC(C)S(=O)(=O)Cc1cccc(NC(=O)c2ccc(CN)cc2)c1.Cl. The zero-order chi connectivity index (χ0) is 17.7. The van der Waals surface area contributed by atoms with E-state index >= 15 is 0 Å². The summed E-state index contributed by atoms with van der Waals surface area (Å²) in [6, 6.07) is 13.9. The van der Waals surface area contributed by atoms with Crippen LogP contribution in [0, 0.1) is 0 Å². The molecule has 0 heterocycles. The summed E-state index contributed by atoms with van der Waals surface area (Å²) in [5.41, 5.74) is 8.23. The van der Waals surface area contributed by atoms with Crippen LogP contribution in [0.25, 0.3) is 0 Å². The maximum atomic E-state index is 12.3. The molecule has 2 aromatic carbocycles. The average molecular weight is 383 g/mol. The van der Waals surface area contributed by atoms with Gasteiger partial charge in [0.1, 0.15) is 0 Å². The fourth-order valence-corrected chi connectivity index (χ4v) is 3.11. The normalized spacial score (nSPS) is 11.0. The van der Waals surface area contributed by atoms with E-state index in [4.69, 9.17) is 5.73 Å². The molecule has 25 heavy (non-hydrogen) atoms. The summed E-state index contributed by atoms with van der Waals surface area (Å²) in [6.45, 7) is 3.74. The lowest BCUT2D eigenvalue weighted by molar-refractivity contribution is 0.102. The lowest BCUT2D eigenvalue weighted by Crippen LogP contribution is -2.16. The third kappa shape index (κ3) is 5.85. The first-order valence-electron chi connectivity index (χ1n) is 7.72. The molecule has 0 bridgehead atoms. The van der Waals surface area contributed by atoms with Crippen LogP contribution in [-0.2, 0) is 22.1 Å². The highest BCUT2D eigenvalue weighted by atomic mass is 35.5. The van der Waals surface area contributed by atoms with Gasteiger partial charge in [0.05, 0.1) is 11.0 Å². The van der Waals surface area contributed by atoms with Gasteiger partial charge in [0.15, 0.2) is 9.84 Å². The van der Waals surface area contributed by atoms with Crippen molar-refractivity contribution in [2.24, 2.45) is 5.73 Å². The first-order valence-corrected chi connectivity index (χ1v) is 9.44. The van der Waals surface area contributed by atoms with E-state index in [-0.39, 0.29) is 24.1 Å². The topological polar surface area (TPSA) is 89.3 Å². The van der Waals surface area contributed by atoms with Crippen molar-refractivity contribution in [1.82, 2.24) is 0 Å². The monoisotopic (exact) mass is 382 g/mol. The smallest absolute Gasteiger partial charge is 0.255 e. The first-order chi connectivity index (χ1) is 11.3. The van der Waals surface area contributed by atoms with Crippen LogP contribution in [0.1, 0.15) is 35.3 Å². The third-order valence-corrected chi connectivity index (χ3v) is 5.89. The van der Waals surface area contributed by atoms with Crippen molar-refractivity contribution in [3.63, 3.8) is 0 Å². The van der Waals surface area contributed by atoms with Crippen molar-refractivity contribution in [3.05, 3.63) is 65.2 Å². The van der Waals surface area contributed by atoms with Crippen LogP contribution in [0.3, 0.4) is 0 Å². The number of carbonyl (C=O) groups is 1. The Morgan fingerprint density at radius 2 is 1.72 bits per heavy atom. The Morgan fingerprint density at radius 1 is 1.08 bits per heavy atom. The van der Waals surface area contributed by atoms with E-state index in [9.17, 15) is 13.2 Å². The molecule has 0 fully saturated rings. The summed E-state index contributed by atoms with van der Waals surface area (Å²) >= 11 is 0. The van der Waals surface area contributed by atoms with Gasteiger partial charge < -0.3 is 11.1 Å². The molecule has 2 rings (SSSR count). The van der Waals surface area contributed by atoms with Crippen LogP contribution in [0.2, 0.25) is 0 Å². The molecule has 0 radical (unpaired) electrons. The second-order valence-electron chi connectivity index (χ2n) is 5.91. The molecule has 1 amide bonds. The highest BCUT2D eigenvalue weighted by Crippen LogP contribution is 2.17. The number of carbonyl (C=O) groups excluding carboxylic acids is 1. The van der Waals surface area contributed by atoms with Gasteiger partial charge in [0.25, 0.3) is 5.91 Å². The molecule has 5 nitrogen and oxygen atoms in total. The van der Waals surface area contributed by atoms with Crippen molar-refractivity contribution >= 4 is 33.8 Å². The van der Waals surface area contributed by atoms with Crippen molar-refractivity contribution < 1.29 is 13.2 Å². The number of hydrogen-bond acceptors (Lipinski definition) is 4. The van der Waals surface area contributed by atoms with E-state index in [1.165, 1.54) is 0 Å². The number of hydrogen-bond donors (Lipinski definition) is 2. The summed E-state index contributed by atoms with van der Waals surface area (Å²) in [4.78, 5) is 12.3. The molecule has 7 heteroatoms. The summed E-state index contributed by atoms with van der Waals surface area (Å²) < 4.78 is 24.0. The fourth-order valence-electron chi connectivity index (χ4n) is 2.13. The maximum Gasteiger partial charge on any atom is 0.255 e. The van der Waals surface area contributed by atoms with Crippen LogP contribution in [0.5, 0.6) is 0 Å². The number of benzene rings is 2. The fraction of sp³-hybridized carbons (Fsp3) is 0.278. The van der Waals surface area contributed by atoms with Gasteiger partial charge >= 0.3 is 0 Å². The number of nitrogens with one attached hydrogen (secondary N) is 1. The van der Waals surface area contributed by atoms with E-state index in [1.807, 2.05) is 0 Å². The minimum atomic E-state index is -3.18. The molecule has 0 atom stereocenters. The quantitative estimate of drug-likeness (QED) is 0.803. The molecular weight excluding hydrogens is 360 g/mol. The Hall–Kier alpha value is -1.89. The predicted molar refractivity (Wildman–Crippen MR) is 104 cm³/mol. The van der Waals surface area contributed by atoms with Crippen molar-refractivity contribution in [3.8, 4) is 0 Å². The van der Waals surface area contributed by atoms with Gasteiger partial charge in [-0.25, -0.2) is 8.42 Å². The number of rotatable bonds is 6. The minimum absolute atomic E-state index is 0. The second kappa shape index (κ2) is 8.99. The lowest BCUT2D eigenvalue weighted by atomic mass is 10.1. The molecule has 3 N–H and O–H groups in total. The molecule has 0 spiro atoms. The second-order valence-corrected chi connectivity index (χ2v) is 8.47. The van der Waals surface area contributed by atoms with Crippen LogP contribution >= 0.6 is 12.4 Å². The Morgan fingerprint density at radius 3 is 2.28 bits per heavy atom. The van der Waals surface area contributed by atoms with Crippen molar-refractivity contribution in [2.75, 3.05) is 5.32 Å². The Bertz CT molecular complexity index is 818. The Labute approximate surface area is 155 Å². The van der Waals surface area contributed by atoms with Gasteiger partial charge in [0.2, 0.25) is 0 Å². The third-order valence-electron chi connectivity index (χ3n) is 3.72. The van der Waals surface area contributed by atoms with E-state index in [2.05, 4.69) is 5.32 Å². The highest BCUT2D eigenvalue weighted by Gasteiger charge is 2.17. The molecule has 0 aromatic heterocycles. The van der Waals surface area contributed by atoms with Crippen LogP contribution in [0.4, 0.5) is 5.69 Å². The molecule has 0 aliphatic heterocycles. The van der Waals surface area contributed by atoms with E-state index in [1.54, 1.807) is 62.4 Å². The number of nitrogens with two attached hydrogens (primary N) is 1. The molecule has 0 unspecified atom stereocenters.